The largest absolute Gasteiger partial charge is 0.390 e. The number of hydrogen-bond acceptors (Lipinski definition) is 5. The Bertz CT molecular complexity index is 1320. The maximum atomic E-state index is 13.4. The highest BCUT2D eigenvalue weighted by molar-refractivity contribution is 5.94. The summed E-state index contributed by atoms with van der Waals surface area (Å²) in [6.45, 7) is 4.03. The number of nitrogens with one attached hydrogen (secondary N) is 1. The minimum Gasteiger partial charge on any atom is -0.389 e. The van der Waals surface area contributed by atoms with Crippen molar-refractivity contribution < 1.29 is 27.8 Å². The summed E-state index contributed by atoms with van der Waals surface area (Å²) in [5.74, 6) is -0.564. The number of aliphatic hydroxyl groups excluding tert-OH is 1. The molecule has 2 heterocycles. The highest BCUT2D eigenvalue weighted by Gasteiger charge is 2.28. The molecule has 0 bridgehead atoms. The van der Waals surface area contributed by atoms with E-state index in [-0.39, 0.29) is 17.7 Å². The van der Waals surface area contributed by atoms with E-state index < -0.39 is 37.2 Å². The molecule has 0 spiro atoms. The molecule has 1 amide bonds. The molecule has 1 aliphatic heterocycles. The van der Waals surface area contributed by atoms with Gasteiger partial charge in [0, 0.05) is 18.7 Å². The number of nitrogens with zero attached hydrogens (tertiary/aromatic N) is 2. The van der Waals surface area contributed by atoms with Crippen molar-refractivity contribution in [2.45, 2.75) is 51.4 Å². The number of rotatable bonds is 6. The van der Waals surface area contributed by atoms with Gasteiger partial charge < -0.3 is 15.2 Å². The number of carbonyl (C=O) groups excluding carboxylic acids is 1. The van der Waals surface area contributed by atoms with Crippen LogP contribution in [0.2, 0.25) is 0 Å². The quantitative estimate of drug-likeness (QED) is 0.536. The molecule has 1 fully saturated rings. The number of aliphatic hydroxyl groups is 1. The average molecular weight is 504 g/mol. The second-order valence-electron chi connectivity index (χ2n) is 9.13. The molecule has 0 saturated carbocycles. The number of ether oxygens (including phenoxy) is 1. The minimum absolute atomic E-state index is 0.170. The van der Waals surface area contributed by atoms with E-state index in [9.17, 15) is 27.9 Å². The summed E-state index contributed by atoms with van der Waals surface area (Å²) in [6.07, 6.45) is -3.69. The van der Waals surface area contributed by atoms with Crippen LogP contribution in [0.1, 0.15) is 51.5 Å². The van der Waals surface area contributed by atoms with Crippen LogP contribution >= 0.6 is 0 Å². The smallest absolute Gasteiger partial charge is 0.389 e. The van der Waals surface area contributed by atoms with Crippen LogP contribution in [0.25, 0.3) is 10.9 Å². The van der Waals surface area contributed by atoms with Crippen LogP contribution in [0.15, 0.2) is 41.5 Å². The molecule has 3 aromatic rings. The lowest BCUT2D eigenvalue weighted by atomic mass is 9.94. The number of carbonyl (C=O) groups is 1. The molecule has 192 valence electrons. The first-order chi connectivity index (χ1) is 17.0. The number of benzene rings is 2. The fourth-order valence-electron chi connectivity index (χ4n) is 4.48. The van der Waals surface area contributed by atoms with Gasteiger partial charge in [0.2, 0.25) is 0 Å². The second-order valence-corrected chi connectivity index (χ2v) is 9.13. The fourth-order valence-corrected chi connectivity index (χ4v) is 4.48. The van der Waals surface area contributed by atoms with Crippen LogP contribution in [0.5, 0.6) is 0 Å². The van der Waals surface area contributed by atoms with Crippen molar-refractivity contribution in [2.75, 3.05) is 19.8 Å². The standard InChI is InChI=1S/C26H28F3N3O4/c1-15-16(2)23-20(25(35)32(14-31-23)21-7-10-36-13-22(21)33)12-19(15)11-17-3-5-18(6-4-17)24(34)30-9-8-26(27,28)29/h3-6,12,14,21-22,33H,7-11,13H2,1-2H3,(H,30,34)/t21-,22-/m0/s1. The second kappa shape index (κ2) is 10.4. The predicted molar refractivity (Wildman–Crippen MR) is 128 cm³/mol. The van der Waals surface area contributed by atoms with Crippen LogP contribution in [0, 0.1) is 13.8 Å². The third-order valence-electron chi connectivity index (χ3n) is 6.70. The Morgan fingerprint density at radius 3 is 2.61 bits per heavy atom. The number of halogens is 3. The lowest BCUT2D eigenvalue weighted by molar-refractivity contribution is -0.132. The summed E-state index contributed by atoms with van der Waals surface area (Å²) in [5, 5.41) is 13.1. The Hall–Kier alpha value is -3.24. The van der Waals surface area contributed by atoms with Gasteiger partial charge >= 0.3 is 6.18 Å². The van der Waals surface area contributed by atoms with Crippen LogP contribution in [-0.4, -0.2) is 52.6 Å². The van der Waals surface area contributed by atoms with Crippen molar-refractivity contribution in [3.8, 4) is 0 Å². The maximum absolute atomic E-state index is 13.4. The van der Waals surface area contributed by atoms with Crippen LogP contribution in [-0.2, 0) is 11.2 Å². The highest BCUT2D eigenvalue weighted by Crippen LogP contribution is 2.26. The third-order valence-corrected chi connectivity index (χ3v) is 6.70. The summed E-state index contributed by atoms with van der Waals surface area (Å²) < 4.78 is 43.6. The molecule has 2 atom stereocenters. The van der Waals surface area contributed by atoms with Gasteiger partial charge in [0.05, 0.1) is 42.4 Å². The zero-order chi connectivity index (χ0) is 26.0. The molecule has 2 N–H and O–H groups in total. The monoisotopic (exact) mass is 503 g/mol. The van der Waals surface area contributed by atoms with Crippen LogP contribution in [0.3, 0.4) is 0 Å². The molecular weight excluding hydrogens is 475 g/mol. The number of fused-ring (bicyclic) bond motifs is 1. The normalized spacial score (nSPS) is 18.4. The highest BCUT2D eigenvalue weighted by atomic mass is 19.4. The molecule has 10 heteroatoms. The maximum Gasteiger partial charge on any atom is 0.390 e. The zero-order valence-electron chi connectivity index (χ0n) is 20.1. The Labute approximate surface area is 205 Å². The van der Waals surface area contributed by atoms with E-state index in [4.69, 9.17) is 4.74 Å². The Balaban J connectivity index is 1.57. The SMILES string of the molecule is Cc1c(Cc2ccc(C(=O)NCCC(F)(F)F)cc2)cc2c(=O)n([C@H]3CCOC[C@@H]3O)cnc2c1C. The first-order valence-corrected chi connectivity index (χ1v) is 11.7. The molecule has 0 unspecified atom stereocenters. The summed E-state index contributed by atoms with van der Waals surface area (Å²) >= 11 is 0. The summed E-state index contributed by atoms with van der Waals surface area (Å²) in [6, 6.07) is 8.07. The van der Waals surface area contributed by atoms with Crippen molar-refractivity contribution in [3.05, 3.63) is 74.8 Å². The third kappa shape index (κ3) is 5.60. The molecule has 0 aliphatic carbocycles. The minimum atomic E-state index is -4.32. The van der Waals surface area contributed by atoms with E-state index in [2.05, 4.69) is 10.3 Å². The Morgan fingerprint density at radius 2 is 1.94 bits per heavy atom. The van der Waals surface area contributed by atoms with Gasteiger partial charge in [0.15, 0.2) is 0 Å². The van der Waals surface area contributed by atoms with Gasteiger partial charge in [-0.25, -0.2) is 4.98 Å². The van der Waals surface area contributed by atoms with Crippen molar-refractivity contribution in [3.63, 3.8) is 0 Å². The van der Waals surface area contributed by atoms with E-state index in [1.807, 2.05) is 19.9 Å². The van der Waals surface area contributed by atoms with E-state index in [1.165, 1.54) is 10.9 Å². The lowest BCUT2D eigenvalue weighted by Gasteiger charge is -2.29. The summed E-state index contributed by atoms with van der Waals surface area (Å²) in [4.78, 5) is 30.0. The zero-order valence-corrected chi connectivity index (χ0v) is 20.1. The van der Waals surface area contributed by atoms with Gasteiger partial charge in [-0.15, -0.1) is 0 Å². The summed E-state index contributed by atoms with van der Waals surface area (Å²) in [7, 11) is 0. The van der Waals surface area contributed by atoms with E-state index in [0.717, 1.165) is 22.3 Å². The first-order valence-electron chi connectivity index (χ1n) is 11.7. The van der Waals surface area contributed by atoms with Gasteiger partial charge in [-0.1, -0.05) is 12.1 Å². The number of hydrogen-bond donors (Lipinski definition) is 2. The van der Waals surface area contributed by atoms with Gasteiger partial charge in [-0.3, -0.25) is 14.2 Å². The number of alkyl halides is 3. The molecule has 1 saturated heterocycles. The van der Waals surface area contributed by atoms with Crippen molar-refractivity contribution in [2.24, 2.45) is 0 Å². The van der Waals surface area contributed by atoms with Crippen molar-refractivity contribution in [1.29, 1.82) is 0 Å². The van der Waals surface area contributed by atoms with Gasteiger partial charge in [-0.05, 0) is 67.1 Å². The van der Waals surface area contributed by atoms with Gasteiger partial charge in [0.1, 0.15) is 0 Å². The molecular formula is C26H28F3N3O4. The van der Waals surface area contributed by atoms with Crippen LogP contribution < -0.4 is 10.9 Å². The van der Waals surface area contributed by atoms with E-state index in [1.54, 1.807) is 24.3 Å². The number of amides is 1. The lowest BCUT2D eigenvalue weighted by Crippen LogP contribution is -2.39. The first kappa shape index (κ1) is 25.8. The molecule has 7 nitrogen and oxygen atoms in total. The molecule has 2 aromatic carbocycles. The number of aromatic nitrogens is 2. The number of aryl methyl sites for hydroxylation is 1. The molecule has 1 aliphatic rings. The van der Waals surface area contributed by atoms with Gasteiger partial charge in [0.25, 0.3) is 11.5 Å². The van der Waals surface area contributed by atoms with Crippen LogP contribution in [0.4, 0.5) is 13.2 Å². The Kier molecular flexibility index (Phi) is 7.46. The predicted octanol–water partition coefficient (Wildman–Crippen LogP) is 3.61. The molecule has 1 aromatic heterocycles. The fraction of sp³-hybridized carbons (Fsp3) is 0.423. The summed E-state index contributed by atoms with van der Waals surface area (Å²) in [5.41, 5.74) is 4.35. The van der Waals surface area contributed by atoms with Gasteiger partial charge in [-0.2, -0.15) is 13.2 Å². The van der Waals surface area contributed by atoms with Crippen molar-refractivity contribution in [1.82, 2.24) is 14.9 Å². The van der Waals surface area contributed by atoms with E-state index >= 15 is 0 Å². The topological polar surface area (TPSA) is 93.5 Å². The Morgan fingerprint density at radius 1 is 1.22 bits per heavy atom. The molecule has 36 heavy (non-hydrogen) atoms. The molecule has 0 radical (unpaired) electrons. The van der Waals surface area contributed by atoms with Crippen molar-refractivity contribution >= 4 is 16.8 Å². The molecule has 4 rings (SSSR count). The van der Waals surface area contributed by atoms with E-state index in [0.29, 0.717) is 30.4 Å². The average Bonchev–Trinajstić information content (AvgIpc) is 2.83.